The molecular weight excluding hydrogens is 290 g/mol. The Morgan fingerprint density at radius 2 is 2.09 bits per heavy atom. The third-order valence-electron chi connectivity index (χ3n) is 5.48. The molecule has 1 aliphatic carbocycles. The van der Waals surface area contributed by atoms with Crippen molar-refractivity contribution >= 4 is 11.7 Å². The number of carbonyl (C=O) groups is 1. The molecule has 2 fully saturated rings. The van der Waals surface area contributed by atoms with Crippen molar-refractivity contribution in [2.75, 3.05) is 18.0 Å². The van der Waals surface area contributed by atoms with Crippen molar-refractivity contribution in [1.82, 2.24) is 10.3 Å². The summed E-state index contributed by atoms with van der Waals surface area (Å²) in [5.41, 5.74) is 0.398. The van der Waals surface area contributed by atoms with Crippen molar-refractivity contribution < 1.29 is 9.90 Å². The molecule has 1 saturated heterocycles. The standard InChI is InChI=1S/C18H27N3O2/c1-13-4-5-16(19-12-13)21-10-6-15(7-11-21)20-17(22)14(2)18(23)8-3-9-18/h4-5,12,14-15,23H,3,6-11H2,1-2H3,(H,20,22). The molecular formula is C18H27N3O2. The van der Waals surface area contributed by atoms with Gasteiger partial charge in [0.2, 0.25) is 5.91 Å². The third kappa shape index (κ3) is 3.50. The number of anilines is 1. The van der Waals surface area contributed by atoms with Gasteiger partial charge >= 0.3 is 0 Å². The quantitative estimate of drug-likeness (QED) is 0.892. The third-order valence-corrected chi connectivity index (χ3v) is 5.48. The van der Waals surface area contributed by atoms with E-state index in [0.29, 0.717) is 0 Å². The highest BCUT2D eigenvalue weighted by Crippen LogP contribution is 2.38. The minimum Gasteiger partial charge on any atom is -0.389 e. The molecule has 1 aromatic rings. The summed E-state index contributed by atoms with van der Waals surface area (Å²) in [6.07, 6.45) is 6.26. The van der Waals surface area contributed by atoms with Crippen LogP contribution in [0, 0.1) is 12.8 Å². The molecule has 3 rings (SSSR count). The minimum atomic E-state index is -0.767. The van der Waals surface area contributed by atoms with Crippen LogP contribution in [-0.4, -0.2) is 40.7 Å². The molecule has 1 aromatic heterocycles. The van der Waals surface area contributed by atoms with E-state index >= 15 is 0 Å². The summed E-state index contributed by atoms with van der Waals surface area (Å²) in [4.78, 5) is 19.1. The van der Waals surface area contributed by atoms with Gasteiger partial charge in [0.1, 0.15) is 5.82 Å². The number of nitrogens with one attached hydrogen (secondary N) is 1. The maximum atomic E-state index is 12.3. The highest BCUT2D eigenvalue weighted by atomic mass is 16.3. The Morgan fingerprint density at radius 1 is 1.39 bits per heavy atom. The number of rotatable bonds is 4. The molecule has 0 bridgehead atoms. The van der Waals surface area contributed by atoms with E-state index < -0.39 is 5.60 Å². The topological polar surface area (TPSA) is 65.5 Å². The Balaban J connectivity index is 1.49. The highest BCUT2D eigenvalue weighted by Gasteiger charge is 2.43. The number of hydrogen-bond donors (Lipinski definition) is 2. The first-order valence-corrected chi connectivity index (χ1v) is 8.68. The normalized spacial score (nSPS) is 22.3. The Morgan fingerprint density at radius 3 is 2.61 bits per heavy atom. The molecule has 23 heavy (non-hydrogen) atoms. The molecule has 1 atom stereocenters. The van der Waals surface area contributed by atoms with Crippen LogP contribution < -0.4 is 10.2 Å². The molecule has 2 heterocycles. The average molecular weight is 317 g/mol. The number of aliphatic hydroxyl groups is 1. The second-order valence-electron chi connectivity index (χ2n) is 7.14. The van der Waals surface area contributed by atoms with Gasteiger partial charge in [-0.15, -0.1) is 0 Å². The maximum Gasteiger partial charge on any atom is 0.225 e. The van der Waals surface area contributed by atoms with Gasteiger partial charge in [0, 0.05) is 25.3 Å². The smallest absolute Gasteiger partial charge is 0.225 e. The number of aryl methyl sites for hydroxylation is 1. The molecule has 1 amide bonds. The molecule has 2 aliphatic rings. The van der Waals surface area contributed by atoms with Gasteiger partial charge in [0.15, 0.2) is 0 Å². The molecule has 2 N–H and O–H groups in total. The SMILES string of the molecule is Cc1ccc(N2CCC(NC(=O)C(C)C3(O)CCC3)CC2)nc1. The fraction of sp³-hybridized carbons (Fsp3) is 0.667. The van der Waals surface area contributed by atoms with Crippen molar-refractivity contribution in [2.45, 2.75) is 57.6 Å². The second-order valence-corrected chi connectivity index (χ2v) is 7.14. The van der Waals surface area contributed by atoms with Crippen LogP contribution in [0.3, 0.4) is 0 Å². The molecule has 1 aliphatic heterocycles. The highest BCUT2D eigenvalue weighted by molar-refractivity contribution is 5.80. The van der Waals surface area contributed by atoms with Crippen LogP contribution in [0.4, 0.5) is 5.82 Å². The molecule has 5 heteroatoms. The number of amides is 1. The lowest BCUT2D eigenvalue weighted by molar-refractivity contribution is -0.142. The lowest BCUT2D eigenvalue weighted by Crippen LogP contribution is -2.53. The number of nitrogens with zero attached hydrogens (tertiary/aromatic N) is 2. The molecule has 0 radical (unpaired) electrons. The van der Waals surface area contributed by atoms with Crippen molar-refractivity contribution in [1.29, 1.82) is 0 Å². The lowest BCUT2D eigenvalue weighted by atomic mass is 9.71. The summed E-state index contributed by atoms with van der Waals surface area (Å²) in [6, 6.07) is 4.34. The van der Waals surface area contributed by atoms with E-state index in [1.165, 1.54) is 5.56 Å². The lowest BCUT2D eigenvalue weighted by Gasteiger charge is -2.41. The van der Waals surface area contributed by atoms with E-state index in [0.717, 1.165) is 51.0 Å². The summed E-state index contributed by atoms with van der Waals surface area (Å²) in [5, 5.41) is 13.4. The van der Waals surface area contributed by atoms with E-state index in [9.17, 15) is 9.90 Å². The fourth-order valence-electron chi connectivity index (χ4n) is 3.44. The van der Waals surface area contributed by atoms with Crippen molar-refractivity contribution in [3.63, 3.8) is 0 Å². The van der Waals surface area contributed by atoms with Gasteiger partial charge in [0.05, 0.1) is 11.5 Å². The van der Waals surface area contributed by atoms with Crippen molar-refractivity contribution in [3.05, 3.63) is 23.9 Å². The predicted molar refractivity (Wildman–Crippen MR) is 90.3 cm³/mol. The first kappa shape index (κ1) is 16.2. The van der Waals surface area contributed by atoms with Crippen LogP contribution in [-0.2, 0) is 4.79 Å². The van der Waals surface area contributed by atoms with E-state index in [4.69, 9.17) is 0 Å². The van der Waals surface area contributed by atoms with Gasteiger partial charge in [-0.1, -0.05) is 13.0 Å². The Labute approximate surface area is 138 Å². The summed E-state index contributed by atoms with van der Waals surface area (Å²) >= 11 is 0. The first-order valence-electron chi connectivity index (χ1n) is 8.68. The zero-order chi connectivity index (χ0) is 16.4. The zero-order valence-electron chi connectivity index (χ0n) is 14.1. The molecule has 0 aromatic carbocycles. The van der Waals surface area contributed by atoms with Crippen LogP contribution in [0.25, 0.3) is 0 Å². The average Bonchev–Trinajstić information content (AvgIpc) is 2.53. The number of pyridine rings is 1. The number of piperidine rings is 1. The van der Waals surface area contributed by atoms with Gasteiger partial charge < -0.3 is 15.3 Å². The van der Waals surface area contributed by atoms with Crippen LogP contribution >= 0.6 is 0 Å². The van der Waals surface area contributed by atoms with E-state index in [1.807, 2.05) is 20.0 Å². The molecule has 126 valence electrons. The Kier molecular flexibility index (Phi) is 4.57. The molecule has 1 unspecified atom stereocenters. The Bertz CT molecular complexity index is 546. The number of hydrogen-bond acceptors (Lipinski definition) is 4. The maximum absolute atomic E-state index is 12.3. The molecule has 5 nitrogen and oxygen atoms in total. The number of aromatic nitrogens is 1. The van der Waals surface area contributed by atoms with Gasteiger partial charge in [0.25, 0.3) is 0 Å². The van der Waals surface area contributed by atoms with Crippen LogP contribution in [0.1, 0.15) is 44.6 Å². The van der Waals surface area contributed by atoms with Crippen LogP contribution in [0.5, 0.6) is 0 Å². The predicted octanol–water partition coefficient (Wildman–Crippen LogP) is 2.03. The van der Waals surface area contributed by atoms with E-state index in [-0.39, 0.29) is 17.9 Å². The van der Waals surface area contributed by atoms with Gasteiger partial charge in [-0.25, -0.2) is 4.98 Å². The monoisotopic (exact) mass is 317 g/mol. The molecule has 0 spiro atoms. The van der Waals surface area contributed by atoms with Gasteiger partial charge in [-0.2, -0.15) is 0 Å². The van der Waals surface area contributed by atoms with Crippen molar-refractivity contribution in [2.24, 2.45) is 5.92 Å². The fourth-order valence-corrected chi connectivity index (χ4v) is 3.44. The Hall–Kier alpha value is -1.62. The summed E-state index contributed by atoms with van der Waals surface area (Å²) < 4.78 is 0. The zero-order valence-corrected chi connectivity index (χ0v) is 14.1. The summed E-state index contributed by atoms with van der Waals surface area (Å²) in [7, 11) is 0. The summed E-state index contributed by atoms with van der Waals surface area (Å²) in [6.45, 7) is 5.69. The minimum absolute atomic E-state index is 0.000823. The van der Waals surface area contributed by atoms with Crippen LogP contribution in [0.2, 0.25) is 0 Å². The molecule has 1 saturated carbocycles. The largest absolute Gasteiger partial charge is 0.389 e. The van der Waals surface area contributed by atoms with Crippen LogP contribution in [0.15, 0.2) is 18.3 Å². The second kappa shape index (κ2) is 6.48. The van der Waals surface area contributed by atoms with Gasteiger partial charge in [-0.05, 0) is 50.7 Å². The van der Waals surface area contributed by atoms with Gasteiger partial charge in [-0.3, -0.25) is 4.79 Å². The summed E-state index contributed by atoms with van der Waals surface area (Å²) in [5.74, 6) is 0.699. The first-order chi connectivity index (χ1) is 11.0. The van der Waals surface area contributed by atoms with Crippen molar-refractivity contribution in [3.8, 4) is 0 Å². The van der Waals surface area contributed by atoms with E-state index in [2.05, 4.69) is 27.3 Å². The number of carbonyl (C=O) groups excluding carboxylic acids is 1. The van der Waals surface area contributed by atoms with E-state index in [1.54, 1.807) is 0 Å².